The zero-order valence-corrected chi connectivity index (χ0v) is 14.3. The third kappa shape index (κ3) is 3.57. The molecule has 0 unspecified atom stereocenters. The molecule has 0 saturated heterocycles. The Morgan fingerprint density at radius 3 is 1.52 bits per heavy atom. The van der Waals surface area contributed by atoms with Crippen molar-refractivity contribution < 1.29 is 5.48 Å². The first-order valence-electron chi connectivity index (χ1n) is 7.52. The summed E-state index contributed by atoms with van der Waals surface area (Å²) in [7, 11) is 0. The van der Waals surface area contributed by atoms with E-state index in [2.05, 4.69) is 29.4 Å². The summed E-state index contributed by atoms with van der Waals surface area (Å²) in [6, 6.07) is 30.5. The zero-order valence-electron chi connectivity index (χ0n) is 13.4. The topological polar surface area (TPSA) is 53.6 Å². The lowest BCUT2D eigenvalue weighted by Gasteiger charge is -2.34. The molecule has 1 aliphatic rings. The molecule has 5 nitrogen and oxygen atoms in total. The van der Waals surface area contributed by atoms with Gasteiger partial charge in [-0.15, -0.1) is 17.5 Å². The number of rotatable bonds is 3. The van der Waals surface area contributed by atoms with Crippen LogP contribution >= 0.6 is 12.4 Å². The van der Waals surface area contributed by atoms with E-state index in [1.165, 1.54) is 0 Å². The standard InChI is InChI=1S/C19H16N4.ClH.H2O/c1-4-10-17(11-5-1)21-16-20-22(18-12-6-2-7-13-18)23(21)19-14-8-3-9-15-19;;/h1-16H;1H;1H2. The Kier molecular flexibility index (Phi) is 6.00. The van der Waals surface area contributed by atoms with E-state index in [9.17, 15) is 0 Å². The molecule has 128 valence electrons. The van der Waals surface area contributed by atoms with Gasteiger partial charge in [0.15, 0.2) is 0 Å². The SMILES string of the molecule is C1=NN(c2ccccc2)N(c2ccccc2)N1c1ccccc1.Cl.O. The third-order valence-electron chi connectivity index (χ3n) is 3.65. The molecule has 0 atom stereocenters. The summed E-state index contributed by atoms with van der Waals surface area (Å²) in [5.74, 6) is 0. The van der Waals surface area contributed by atoms with Crippen LogP contribution in [-0.4, -0.2) is 11.8 Å². The van der Waals surface area contributed by atoms with Gasteiger partial charge in [-0.3, -0.25) is 0 Å². The van der Waals surface area contributed by atoms with Crippen molar-refractivity contribution in [1.82, 2.24) is 0 Å². The van der Waals surface area contributed by atoms with Crippen molar-refractivity contribution in [3.05, 3.63) is 91.0 Å². The predicted octanol–water partition coefficient (Wildman–Crippen LogP) is 3.89. The summed E-state index contributed by atoms with van der Waals surface area (Å²) in [6.45, 7) is 0. The predicted molar refractivity (Wildman–Crippen MR) is 106 cm³/mol. The maximum Gasteiger partial charge on any atom is 0.140 e. The van der Waals surface area contributed by atoms with Gasteiger partial charge in [0, 0.05) is 0 Å². The molecule has 0 amide bonds. The van der Waals surface area contributed by atoms with Gasteiger partial charge in [0.25, 0.3) is 0 Å². The number of anilines is 3. The van der Waals surface area contributed by atoms with E-state index < -0.39 is 0 Å². The van der Waals surface area contributed by atoms with Crippen molar-refractivity contribution in [2.45, 2.75) is 0 Å². The Morgan fingerprint density at radius 2 is 1.00 bits per heavy atom. The number of hydrogen-bond acceptors (Lipinski definition) is 4. The molecular formula is C19H19ClN4O. The molecule has 0 spiro atoms. The van der Waals surface area contributed by atoms with E-state index in [0.717, 1.165) is 17.1 Å². The molecule has 0 fully saturated rings. The summed E-state index contributed by atoms with van der Waals surface area (Å²) in [6.07, 6.45) is 1.83. The number of halogens is 1. The largest absolute Gasteiger partial charge is 0.412 e. The molecule has 1 heterocycles. The lowest BCUT2D eigenvalue weighted by molar-refractivity contribution is 0.818. The van der Waals surface area contributed by atoms with Gasteiger partial charge in [-0.2, -0.15) is 10.2 Å². The van der Waals surface area contributed by atoms with E-state index in [1.54, 1.807) is 0 Å². The maximum absolute atomic E-state index is 4.58. The average molecular weight is 355 g/mol. The fourth-order valence-electron chi connectivity index (χ4n) is 2.58. The molecule has 25 heavy (non-hydrogen) atoms. The Bertz CT molecular complexity index is 750. The van der Waals surface area contributed by atoms with Gasteiger partial charge in [-0.05, 0) is 36.4 Å². The van der Waals surface area contributed by atoms with Crippen LogP contribution in [0.4, 0.5) is 17.1 Å². The molecular weight excluding hydrogens is 336 g/mol. The summed E-state index contributed by atoms with van der Waals surface area (Å²) in [5.41, 5.74) is 3.10. The van der Waals surface area contributed by atoms with Gasteiger partial charge >= 0.3 is 0 Å². The zero-order chi connectivity index (χ0) is 15.5. The van der Waals surface area contributed by atoms with E-state index >= 15 is 0 Å². The van der Waals surface area contributed by atoms with Crippen LogP contribution in [0.25, 0.3) is 0 Å². The van der Waals surface area contributed by atoms with Crippen molar-refractivity contribution in [1.29, 1.82) is 0 Å². The number of benzene rings is 3. The Labute approximate surface area is 153 Å². The summed E-state index contributed by atoms with van der Waals surface area (Å²) in [4.78, 5) is 0. The monoisotopic (exact) mass is 354 g/mol. The summed E-state index contributed by atoms with van der Waals surface area (Å²) in [5, 5.41) is 10.5. The van der Waals surface area contributed by atoms with Gasteiger partial charge < -0.3 is 5.48 Å². The highest BCUT2D eigenvalue weighted by molar-refractivity contribution is 5.88. The molecule has 4 rings (SSSR count). The first kappa shape index (κ1) is 18.3. The van der Waals surface area contributed by atoms with Gasteiger partial charge in [-0.25, -0.2) is 5.01 Å². The smallest absolute Gasteiger partial charge is 0.140 e. The number of nitrogens with zero attached hydrogens (tertiary/aromatic N) is 4. The lowest BCUT2D eigenvalue weighted by Crippen LogP contribution is -2.46. The highest BCUT2D eigenvalue weighted by Crippen LogP contribution is 2.30. The van der Waals surface area contributed by atoms with Crippen LogP contribution in [0.5, 0.6) is 0 Å². The van der Waals surface area contributed by atoms with Crippen LogP contribution in [0.15, 0.2) is 96.1 Å². The highest BCUT2D eigenvalue weighted by Gasteiger charge is 2.28. The van der Waals surface area contributed by atoms with Gasteiger partial charge in [0.2, 0.25) is 0 Å². The van der Waals surface area contributed by atoms with E-state index in [1.807, 2.05) is 88.3 Å². The summed E-state index contributed by atoms with van der Waals surface area (Å²) >= 11 is 0. The van der Waals surface area contributed by atoms with Crippen LogP contribution < -0.4 is 15.2 Å². The Balaban J connectivity index is 0.00000113. The highest BCUT2D eigenvalue weighted by atomic mass is 35.5. The number of hydrogen-bond donors (Lipinski definition) is 0. The molecule has 0 aromatic heterocycles. The van der Waals surface area contributed by atoms with Crippen LogP contribution in [0, 0.1) is 0 Å². The van der Waals surface area contributed by atoms with E-state index in [4.69, 9.17) is 0 Å². The Morgan fingerprint density at radius 1 is 0.560 bits per heavy atom. The minimum Gasteiger partial charge on any atom is -0.412 e. The van der Waals surface area contributed by atoms with Gasteiger partial charge in [-0.1, -0.05) is 54.6 Å². The molecule has 1 aliphatic heterocycles. The average Bonchev–Trinajstić information content (AvgIpc) is 3.09. The third-order valence-corrected chi connectivity index (χ3v) is 3.65. The molecule has 2 N–H and O–H groups in total. The first-order chi connectivity index (χ1) is 11.4. The van der Waals surface area contributed by atoms with Crippen molar-refractivity contribution in [3.63, 3.8) is 0 Å². The van der Waals surface area contributed by atoms with Gasteiger partial charge in [0.05, 0.1) is 17.1 Å². The molecule has 0 bridgehead atoms. The van der Waals surface area contributed by atoms with Crippen molar-refractivity contribution in [2.75, 3.05) is 15.2 Å². The second kappa shape index (κ2) is 8.19. The van der Waals surface area contributed by atoms with Crippen LogP contribution in [0.3, 0.4) is 0 Å². The second-order valence-electron chi connectivity index (χ2n) is 5.16. The number of para-hydroxylation sites is 3. The van der Waals surface area contributed by atoms with E-state index in [0.29, 0.717) is 0 Å². The normalized spacial score (nSPS) is 12.6. The van der Waals surface area contributed by atoms with Crippen LogP contribution in [0.1, 0.15) is 0 Å². The molecule has 0 saturated carbocycles. The molecule has 0 radical (unpaired) electrons. The van der Waals surface area contributed by atoms with Gasteiger partial charge in [0.1, 0.15) is 6.34 Å². The van der Waals surface area contributed by atoms with Crippen LogP contribution in [0.2, 0.25) is 0 Å². The fourth-order valence-corrected chi connectivity index (χ4v) is 2.58. The Hall–Kier alpha value is -3.02. The van der Waals surface area contributed by atoms with Crippen molar-refractivity contribution in [2.24, 2.45) is 5.10 Å². The number of hydrazine groups is 2. The number of hydrazone groups is 1. The van der Waals surface area contributed by atoms with Crippen LogP contribution in [-0.2, 0) is 0 Å². The molecule has 3 aromatic rings. The van der Waals surface area contributed by atoms with E-state index in [-0.39, 0.29) is 17.9 Å². The molecule has 6 heteroatoms. The van der Waals surface area contributed by atoms with Crippen molar-refractivity contribution >= 4 is 35.8 Å². The fraction of sp³-hybridized carbons (Fsp3) is 0. The molecule has 3 aromatic carbocycles. The minimum atomic E-state index is 0. The lowest BCUT2D eigenvalue weighted by atomic mass is 10.3. The quantitative estimate of drug-likeness (QED) is 0.717. The maximum atomic E-state index is 4.58. The minimum absolute atomic E-state index is 0. The summed E-state index contributed by atoms with van der Waals surface area (Å²) < 4.78 is 0. The van der Waals surface area contributed by atoms with Crippen molar-refractivity contribution in [3.8, 4) is 0 Å². The second-order valence-corrected chi connectivity index (χ2v) is 5.16. The molecule has 0 aliphatic carbocycles. The first-order valence-corrected chi connectivity index (χ1v) is 7.52.